The van der Waals surface area contributed by atoms with E-state index >= 15 is 0 Å². The quantitative estimate of drug-likeness (QED) is 0.822. The maximum Gasteiger partial charge on any atom is 0.0926 e. The smallest absolute Gasteiger partial charge is 0.0926 e. The zero-order valence-electron chi connectivity index (χ0n) is 14.9. The molecule has 1 aliphatic rings. The lowest BCUT2D eigenvalue weighted by Gasteiger charge is -2.35. The lowest BCUT2D eigenvalue weighted by molar-refractivity contribution is -0.0587. The SMILES string of the molecule is CCc1nc(CN2CCN(CC(O)COC(C)(C)C)CC2)cs1. The van der Waals surface area contributed by atoms with Gasteiger partial charge in [0, 0.05) is 44.6 Å². The summed E-state index contributed by atoms with van der Waals surface area (Å²) in [6, 6.07) is 0. The normalized spacial score (nSPS) is 19.2. The van der Waals surface area contributed by atoms with Crippen molar-refractivity contribution in [1.29, 1.82) is 0 Å². The molecule has 1 aliphatic heterocycles. The van der Waals surface area contributed by atoms with Crippen LogP contribution in [-0.2, 0) is 17.7 Å². The fourth-order valence-corrected chi connectivity index (χ4v) is 3.38. The van der Waals surface area contributed by atoms with E-state index in [1.807, 2.05) is 20.8 Å². The van der Waals surface area contributed by atoms with Crippen LogP contribution in [0.4, 0.5) is 0 Å². The van der Waals surface area contributed by atoms with Crippen molar-refractivity contribution in [3.8, 4) is 0 Å². The Kier molecular flexibility index (Phi) is 6.98. The second-order valence-corrected chi connectivity index (χ2v) is 8.18. The zero-order valence-corrected chi connectivity index (χ0v) is 15.7. The number of ether oxygens (including phenoxy) is 1. The Morgan fingerprint density at radius 2 is 1.91 bits per heavy atom. The third-order valence-electron chi connectivity index (χ3n) is 3.93. The van der Waals surface area contributed by atoms with E-state index in [9.17, 15) is 5.11 Å². The second-order valence-electron chi connectivity index (χ2n) is 7.24. The van der Waals surface area contributed by atoms with Crippen LogP contribution < -0.4 is 0 Å². The Morgan fingerprint density at radius 3 is 2.48 bits per heavy atom. The molecule has 2 heterocycles. The summed E-state index contributed by atoms with van der Waals surface area (Å²) in [7, 11) is 0. The molecule has 0 bridgehead atoms. The van der Waals surface area contributed by atoms with E-state index in [4.69, 9.17) is 4.74 Å². The van der Waals surface area contributed by atoms with Crippen molar-refractivity contribution >= 4 is 11.3 Å². The molecule has 23 heavy (non-hydrogen) atoms. The Morgan fingerprint density at radius 1 is 1.26 bits per heavy atom. The molecular formula is C17H31N3O2S. The number of aliphatic hydroxyl groups is 1. The molecule has 1 atom stereocenters. The van der Waals surface area contributed by atoms with Crippen LogP contribution in [0.3, 0.4) is 0 Å². The van der Waals surface area contributed by atoms with E-state index in [-0.39, 0.29) is 5.60 Å². The lowest BCUT2D eigenvalue weighted by Crippen LogP contribution is -2.49. The van der Waals surface area contributed by atoms with Gasteiger partial charge in [0.05, 0.1) is 29.0 Å². The number of nitrogens with zero attached hydrogens (tertiary/aromatic N) is 3. The zero-order chi connectivity index (χ0) is 16.9. The van der Waals surface area contributed by atoms with E-state index in [2.05, 4.69) is 27.1 Å². The summed E-state index contributed by atoms with van der Waals surface area (Å²) < 4.78 is 5.65. The topological polar surface area (TPSA) is 48.8 Å². The minimum atomic E-state index is -0.411. The molecule has 1 unspecified atom stereocenters. The summed E-state index contributed by atoms with van der Waals surface area (Å²) in [6.07, 6.45) is 0.610. The van der Waals surface area contributed by atoms with Gasteiger partial charge in [-0.15, -0.1) is 11.3 Å². The van der Waals surface area contributed by atoms with E-state index in [0.717, 1.165) is 39.1 Å². The van der Waals surface area contributed by atoms with Crippen LogP contribution >= 0.6 is 11.3 Å². The van der Waals surface area contributed by atoms with Crippen molar-refractivity contribution in [2.45, 2.75) is 52.4 Å². The van der Waals surface area contributed by atoms with Crippen molar-refractivity contribution in [3.05, 3.63) is 16.1 Å². The van der Waals surface area contributed by atoms with Gasteiger partial charge in [0.15, 0.2) is 0 Å². The molecule has 0 radical (unpaired) electrons. The van der Waals surface area contributed by atoms with E-state index < -0.39 is 6.10 Å². The predicted molar refractivity (Wildman–Crippen MR) is 94.9 cm³/mol. The molecule has 1 aromatic heterocycles. The van der Waals surface area contributed by atoms with Gasteiger partial charge in [0.2, 0.25) is 0 Å². The Balaban J connectivity index is 1.67. The summed E-state index contributed by atoms with van der Waals surface area (Å²) in [5, 5.41) is 13.5. The number of aryl methyl sites for hydroxylation is 1. The Labute approximate surface area is 144 Å². The summed E-state index contributed by atoms with van der Waals surface area (Å²) in [5.41, 5.74) is 1.00. The first-order valence-corrected chi connectivity index (χ1v) is 9.43. The van der Waals surface area contributed by atoms with Crippen LogP contribution in [0.2, 0.25) is 0 Å². The average molecular weight is 342 g/mol. The Bertz CT molecular complexity index is 465. The minimum absolute atomic E-state index is 0.190. The van der Waals surface area contributed by atoms with Gasteiger partial charge in [-0.3, -0.25) is 9.80 Å². The molecule has 0 aliphatic carbocycles. The van der Waals surface area contributed by atoms with Crippen molar-refractivity contribution in [2.24, 2.45) is 0 Å². The molecule has 5 nitrogen and oxygen atoms in total. The summed E-state index contributed by atoms with van der Waals surface area (Å²) >= 11 is 1.76. The second kappa shape index (κ2) is 8.53. The molecule has 0 amide bonds. The van der Waals surface area contributed by atoms with Crippen molar-refractivity contribution in [3.63, 3.8) is 0 Å². The average Bonchev–Trinajstić information content (AvgIpc) is 2.94. The van der Waals surface area contributed by atoms with Crippen molar-refractivity contribution < 1.29 is 9.84 Å². The first-order valence-electron chi connectivity index (χ1n) is 8.55. The first-order chi connectivity index (χ1) is 10.9. The maximum absolute atomic E-state index is 10.1. The van der Waals surface area contributed by atoms with Gasteiger partial charge in [0.1, 0.15) is 0 Å². The first kappa shape index (κ1) is 18.8. The molecule has 6 heteroatoms. The number of thiazole rings is 1. The fourth-order valence-electron chi connectivity index (χ4n) is 2.64. The molecule has 2 rings (SSSR count). The number of aliphatic hydroxyl groups excluding tert-OH is 1. The number of hydrogen-bond donors (Lipinski definition) is 1. The van der Waals surface area contributed by atoms with Crippen molar-refractivity contribution in [2.75, 3.05) is 39.3 Å². The molecule has 0 aromatic carbocycles. The highest BCUT2D eigenvalue weighted by Gasteiger charge is 2.21. The molecule has 0 spiro atoms. The molecule has 132 valence electrons. The molecule has 1 aromatic rings. The number of β-amino-alcohol motifs (C(OH)–C–C–N with tert-alkyl or cyclic N) is 1. The third-order valence-corrected chi connectivity index (χ3v) is 4.97. The standard InChI is InChI=1S/C17H31N3O2S/c1-5-16-18-14(13-23-16)10-19-6-8-20(9-7-19)11-15(21)12-22-17(2,3)4/h13,15,21H,5-12H2,1-4H3. The maximum atomic E-state index is 10.1. The van der Waals surface area contributed by atoms with E-state index in [1.54, 1.807) is 11.3 Å². The highest BCUT2D eigenvalue weighted by atomic mass is 32.1. The highest BCUT2D eigenvalue weighted by molar-refractivity contribution is 7.09. The van der Waals surface area contributed by atoms with Gasteiger partial charge in [-0.25, -0.2) is 4.98 Å². The van der Waals surface area contributed by atoms with Crippen LogP contribution in [0, 0.1) is 0 Å². The third kappa shape index (κ3) is 6.85. The van der Waals surface area contributed by atoms with Crippen LogP contribution in [0.5, 0.6) is 0 Å². The minimum Gasteiger partial charge on any atom is -0.389 e. The number of piperazine rings is 1. The number of aromatic nitrogens is 1. The van der Waals surface area contributed by atoms with Gasteiger partial charge < -0.3 is 9.84 Å². The van der Waals surface area contributed by atoms with Gasteiger partial charge in [-0.2, -0.15) is 0 Å². The van der Waals surface area contributed by atoms with Gasteiger partial charge in [0.25, 0.3) is 0 Å². The number of hydrogen-bond acceptors (Lipinski definition) is 6. The molecule has 1 fully saturated rings. The summed E-state index contributed by atoms with van der Waals surface area (Å²) in [5.74, 6) is 0. The largest absolute Gasteiger partial charge is 0.389 e. The summed E-state index contributed by atoms with van der Waals surface area (Å²) in [4.78, 5) is 9.42. The predicted octanol–water partition coefficient (Wildman–Crippen LogP) is 2.00. The summed E-state index contributed by atoms with van der Waals surface area (Å²) in [6.45, 7) is 14.3. The van der Waals surface area contributed by atoms with Crippen LogP contribution in [0.15, 0.2) is 5.38 Å². The monoisotopic (exact) mass is 341 g/mol. The molecule has 0 saturated carbocycles. The molecule has 1 saturated heterocycles. The number of rotatable bonds is 7. The fraction of sp³-hybridized carbons (Fsp3) is 0.824. The van der Waals surface area contributed by atoms with Gasteiger partial charge >= 0.3 is 0 Å². The molecular weight excluding hydrogens is 310 g/mol. The van der Waals surface area contributed by atoms with E-state index in [0.29, 0.717) is 13.2 Å². The highest BCUT2D eigenvalue weighted by Crippen LogP contribution is 2.14. The van der Waals surface area contributed by atoms with Crippen LogP contribution in [0.1, 0.15) is 38.4 Å². The lowest BCUT2D eigenvalue weighted by atomic mass is 10.2. The molecule has 1 N–H and O–H groups in total. The van der Waals surface area contributed by atoms with Crippen LogP contribution in [0.25, 0.3) is 0 Å². The van der Waals surface area contributed by atoms with Gasteiger partial charge in [-0.05, 0) is 27.2 Å². The van der Waals surface area contributed by atoms with E-state index in [1.165, 1.54) is 10.7 Å². The van der Waals surface area contributed by atoms with Crippen LogP contribution in [-0.4, -0.2) is 70.9 Å². The van der Waals surface area contributed by atoms with Gasteiger partial charge in [-0.1, -0.05) is 6.92 Å². The Hall–Kier alpha value is -0.530. The van der Waals surface area contributed by atoms with Crippen molar-refractivity contribution in [1.82, 2.24) is 14.8 Å².